The van der Waals surface area contributed by atoms with Crippen LogP contribution in [0, 0.1) is 5.82 Å². The zero-order valence-corrected chi connectivity index (χ0v) is 17.2. The summed E-state index contributed by atoms with van der Waals surface area (Å²) in [5.74, 6) is 1.16. The summed E-state index contributed by atoms with van der Waals surface area (Å²) in [7, 11) is 2.08. The molecule has 0 unspecified atom stereocenters. The largest absolute Gasteiger partial charge is 0.438 e. The van der Waals surface area contributed by atoms with Gasteiger partial charge in [-0.05, 0) is 43.4 Å². The first-order chi connectivity index (χ1) is 15.2. The van der Waals surface area contributed by atoms with E-state index >= 15 is 0 Å². The van der Waals surface area contributed by atoms with Gasteiger partial charge in [-0.1, -0.05) is 18.2 Å². The fourth-order valence-electron chi connectivity index (χ4n) is 3.66. The maximum Gasteiger partial charge on any atom is 0.233 e. The second kappa shape index (κ2) is 8.23. The molecule has 1 aliphatic rings. The number of nitrogens with one attached hydrogen (secondary N) is 2. The van der Waals surface area contributed by atoms with Crippen LogP contribution in [0.5, 0.6) is 11.6 Å². The van der Waals surface area contributed by atoms with E-state index < -0.39 is 0 Å². The smallest absolute Gasteiger partial charge is 0.233 e. The van der Waals surface area contributed by atoms with Crippen LogP contribution >= 0.6 is 0 Å². The first kappa shape index (κ1) is 19.3. The van der Waals surface area contributed by atoms with Crippen LogP contribution in [0.1, 0.15) is 0 Å². The van der Waals surface area contributed by atoms with Crippen LogP contribution < -0.4 is 15.0 Å². The average Bonchev–Trinajstić information content (AvgIpc) is 3.24. The highest BCUT2D eigenvalue weighted by Gasteiger charge is 2.18. The molecule has 158 valence electrons. The van der Waals surface area contributed by atoms with Crippen molar-refractivity contribution >= 4 is 28.4 Å². The number of anilines is 3. The fourth-order valence-corrected chi connectivity index (χ4v) is 3.66. The third-order valence-corrected chi connectivity index (χ3v) is 5.39. The standard InChI is InChI=1S/C23H23FN6O/c1-29-11-13-30(14-12-29)20-8-7-16(15-19(20)24)26-23-27-21-18(9-10-25-21)22(28-23)31-17-5-3-2-4-6-17/h2-10,15H,11-14H2,1H3,(H2,25,26,27,28). The van der Waals surface area contributed by atoms with Crippen LogP contribution in [0.25, 0.3) is 11.0 Å². The summed E-state index contributed by atoms with van der Waals surface area (Å²) in [6.45, 7) is 3.47. The maximum absolute atomic E-state index is 14.8. The summed E-state index contributed by atoms with van der Waals surface area (Å²) >= 11 is 0. The van der Waals surface area contributed by atoms with Crippen LogP contribution in [0.3, 0.4) is 0 Å². The van der Waals surface area contributed by atoms with Gasteiger partial charge in [-0.15, -0.1) is 0 Å². The van der Waals surface area contributed by atoms with Crippen LogP contribution in [0.15, 0.2) is 60.8 Å². The number of nitrogens with zero attached hydrogens (tertiary/aromatic N) is 4. The molecule has 8 heteroatoms. The Morgan fingerprint density at radius 1 is 1.00 bits per heavy atom. The van der Waals surface area contributed by atoms with E-state index in [1.54, 1.807) is 12.3 Å². The van der Waals surface area contributed by atoms with Crippen molar-refractivity contribution in [2.75, 3.05) is 43.4 Å². The van der Waals surface area contributed by atoms with E-state index in [2.05, 4.69) is 37.1 Å². The summed E-state index contributed by atoms with van der Waals surface area (Å²) in [6, 6.07) is 16.4. The molecule has 31 heavy (non-hydrogen) atoms. The summed E-state index contributed by atoms with van der Waals surface area (Å²) < 4.78 is 20.8. The van der Waals surface area contributed by atoms with Gasteiger partial charge in [-0.2, -0.15) is 9.97 Å². The van der Waals surface area contributed by atoms with E-state index in [4.69, 9.17) is 4.74 Å². The monoisotopic (exact) mass is 418 g/mol. The van der Waals surface area contributed by atoms with Gasteiger partial charge in [-0.25, -0.2) is 4.39 Å². The molecule has 1 fully saturated rings. The number of hydrogen-bond acceptors (Lipinski definition) is 6. The predicted molar refractivity (Wildman–Crippen MR) is 120 cm³/mol. The third kappa shape index (κ3) is 4.15. The molecule has 0 radical (unpaired) electrons. The van der Waals surface area contributed by atoms with Gasteiger partial charge in [0.25, 0.3) is 0 Å². The molecule has 0 spiro atoms. The van der Waals surface area contributed by atoms with Crippen molar-refractivity contribution in [2.45, 2.75) is 0 Å². The van der Waals surface area contributed by atoms with Gasteiger partial charge >= 0.3 is 0 Å². The van der Waals surface area contributed by atoms with Gasteiger partial charge in [0.15, 0.2) is 0 Å². The zero-order chi connectivity index (χ0) is 21.2. The molecule has 3 heterocycles. The van der Waals surface area contributed by atoms with Gasteiger partial charge in [0.1, 0.15) is 17.2 Å². The van der Waals surface area contributed by atoms with Gasteiger partial charge in [-0.3, -0.25) is 0 Å². The summed E-state index contributed by atoms with van der Waals surface area (Å²) in [5, 5.41) is 3.87. The number of hydrogen-bond donors (Lipinski definition) is 2. The minimum Gasteiger partial charge on any atom is -0.438 e. The highest BCUT2D eigenvalue weighted by molar-refractivity contribution is 5.82. The summed E-state index contributed by atoms with van der Waals surface area (Å²) in [6.07, 6.45) is 1.78. The Kier molecular flexibility index (Phi) is 5.13. The van der Waals surface area contributed by atoms with Crippen molar-refractivity contribution in [3.63, 3.8) is 0 Å². The lowest BCUT2D eigenvalue weighted by atomic mass is 10.2. The Morgan fingerprint density at radius 3 is 2.58 bits per heavy atom. The van der Waals surface area contributed by atoms with E-state index in [1.807, 2.05) is 42.5 Å². The molecule has 2 aromatic carbocycles. The first-order valence-corrected chi connectivity index (χ1v) is 10.2. The number of likely N-dealkylation sites (N-methyl/N-ethyl adjacent to an activating group) is 1. The van der Waals surface area contributed by atoms with Crippen LogP contribution in [0.4, 0.5) is 21.7 Å². The number of benzene rings is 2. The Morgan fingerprint density at radius 2 is 1.81 bits per heavy atom. The molecule has 2 N–H and O–H groups in total. The SMILES string of the molecule is CN1CCN(c2ccc(Nc3nc(Oc4ccccc4)c4cc[nH]c4n3)cc2F)CC1. The number of fused-ring (bicyclic) bond motifs is 1. The Labute approximate surface area is 179 Å². The molecule has 0 bridgehead atoms. The molecule has 0 amide bonds. The predicted octanol–water partition coefficient (Wildman–Crippen LogP) is 4.38. The van der Waals surface area contributed by atoms with Gasteiger partial charge in [0, 0.05) is 38.1 Å². The van der Waals surface area contributed by atoms with E-state index in [1.165, 1.54) is 6.07 Å². The van der Waals surface area contributed by atoms with Crippen molar-refractivity contribution in [1.82, 2.24) is 19.9 Å². The van der Waals surface area contributed by atoms with Crippen molar-refractivity contribution < 1.29 is 9.13 Å². The number of aromatic nitrogens is 3. The molecule has 0 saturated carbocycles. The quantitative estimate of drug-likeness (QED) is 0.501. The van der Waals surface area contributed by atoms with Crippen LogP contribution in [-0.2, 0) is 0 Å². The van der Waals surface area contributed by atoms with Crippen molar-refractivity contribution in [3.05, 3.63) is 66.6 Å². The molecule has 0 atom stereocenters. The van der Waals surface area contributed by atoms with E-state index in [0.717, 1.165) is 31.6 Å². The fraction of sp³-hybridized carbons (Fsp3) is 0.217. The lowest BCUT2D eigenvalue weighted by Gasteiger charge is -2.34. The molecule has 4 aromatic rings. The molecule has 7 nitrogen and oxygen atoms in total. The van der Waals surface area contributed by atoms with Crippen molar-refractivity contribution in [2.24, 2.45) is 0 Å². The topological polar surface area (TPSA) is 69.3 Å². The molecule has 5 rings (SSSR count). The number of piperazine rings is 1. The third-order valence-electron chi connectivity index (χ3n) is 5.39. The van der Waals surface area contributed by atoms with E-state index in [0.29, 0.717) is 34.6 Å². The van der Waals surface area contributed by atoms with Gasteiger partial charge < -0.3 is 24.8 Å². The van der Waals surface area contributed by atoms with Crippen LogP contribution in [0.2, 0.25) is 0 Å². The molecule has 1 aliphatic heterocycles. The zero-order valence-electron chi connectivity index (χ0n) is 17.2. The molecule has 1 saturated heterocycles. The number of ether oxygens (including phenoxy) is 1. The number of halogens is 1. The highest BCUT2D eigenvalue weighted by Crippen LogP contribution is 2.30. The number of para-hydroxylation sites is 1. The lowest BCUT2D eigenvalue weighted by Crippen LogP contribution is -2.44. The number of aromatic amines is 1. The Hall–Kier alpha value is -3.65. The van der Waals surface area contributed by atoms with E-state index in [-0.39, 0.29) is 5.82 Å². The summed E-state index contributed by atoms with van der Waals surface area (Å²) in [5.41, 5.74) is 1.83. The van der Waals surface area contributed by atoms with Crippen molar-refractivity contribution in [1.29, 1.82) is 0 Å². The second-order valence-electron chi connectivity index (χ2n) is 7.59. The molecule has 0 aliphatic carbocycles. The minimum absolute atomic E-state index is 0.267. The molecule has 2 aromatic heterocycles. The number of H-pyrrole nitrogens is 1. The maximum atomic E-state index is 14.8. The normalized spacial score (nSPS) is 14.7. The highest BCUT2D eigenvalue weighted by atomic mass is 19.1. The molecular weight excluding hydrogens is 395 g/mol. The van der Waals surface area contributed by atoms with Crippen molar-refractivity contribution in [3.8, 4) is 11.6 Å². The van der Waals surface area contributed by atoms with Gasteiger partial charge in [0.2, 0.25) is 11.8 Å². The number of rotatable bonds is 5. The lowest BCUT2D eigenvalue weighted by molar-refractivity contribution is 0.311. The van der Waals surface area contributed by atoms with Gasteiger partial charge in [0.05, 0.1) is 11.1 Å². The Balaban J connectivity index is 1.39. The first-order valence-electron chi connectivity index (χ1n) is 10.2. The second-order valence-corrected chi connectivity index (χ2v) is 7.59. The van der Waals surface area contributed by atoms with Crippen LogP contribution in [-0.4, -0.2) is 53.1 Å². The average molecular weight is 418 g/mol. The molecular formula is C23H23FN6O. The van der Waals surface area contributed by atoms with E-state index in [9.17, 15) is 4.39 Å². The summed E-state index contributed by atoms with van der Waals surface area (Å²) in [4.78, 5) is 16.4. The Bertz CT molecular complexity index is 1190. The minimum atomic E-state index is -0.267.